The summed E-state index contributed by atoms with van der Waals surface area (Å²) in [5.41, 5.74) is 1.26. The van der Waals surface area contributed by atoms with Crippen LogP contribution >= 0.6 is 11.6 Å². The number of hydrogen-bond acceptors (Lipinski definition) is 4. The first-order valence-corrected chi connectivity index (χ1v) is 9.64. The smallest absolute Gasteiger partial charge is 0.264 e. The molecule has 0 aliphatic carbocycles. The van der Waals surface area contributed by atoms with Gasteiger partial charge in [-0.25, -0.2) is 8.42 Å². The molecule has 5 nitrogen and oxygen atoms in total. The van der Waals surface area contributed by atoms with E-state index in [1.165, 1.54) is 23.5 Å². The van der Waals surface area contributed by atoms with Crippen LogP contribution in [0.5, 0.6) is 5.75 Å². The standard InChI is InChI=1S/C19H17ClN2O3S/c1-25-18-8-3-7-17(12-18)22(14-15-5-4-10-21-13-15)26(23,24)19-9-2-6-16(20)11-19/h2-13H,14H2,1H3. The molecule has 3 rings (SSSR count). The predicted octanol–water partition coefficient (Wildman–Crippen LogP) is 4.14. The second-order valence-electron chi connectivity index (χ2n) is 5.53. The topological polar surface area (TPSA) is 59.5 Å². The van der Waals surface area contributed by atoms with Crippen LogP contribution in [0.3, 0.4) is 0 Å². The van der Waals surface area contributed by atoms with Gasteiger partial charge in [0.2, 0.25) is 0 Å². The van der Waals surface area contributed by atoms with E-state index in [1.807, 2.05) is 6.07 Å². The van der Waals surface area contributed by atoms with Gasteiger partial charge in [-0.15, -0.1) is 0 Å². The molecule has 0 atom stereocenters. The lowest BCUT2D eigenvalue weighted by molar-refractivity contribution is 0.415. The highest BCUT2D eigenvalue weighted by Gasteiger charge is 2.26. The van der Waals surface area contributed by atoms with Gasteiger partial charge in [0, 0.05) is 23.5 Å². The average molecular weight is 389 g/mol. The van der Waals surface area contributed by atoms with Crippen molar-refractivity contribution in [3.63, 3.8) is 0 Å². The van der Waals surface area contributed by atoms with E-state index >= 15 is 0 Å². The van der Waals surface area contributed by atoms with E-state index in [0.717, 1.165) is 5.56 Å². The minimum atomic E-state index is -3.83. The highest BCUT2D eigenvalue weighted by Crippen LogP contribution is 2.29. The molecule has 0 aliphatic heterocycles. The Morgan fingerprint density at radius 1 is 1.08 bits per heavy atom. The van der Waals surface area contributed by atoms with Crippen molar-refractivity contribution < 1.29 is 13.2 Å². The quantitative estimate of drug-likeness (QED) is 0.636. The molecule has 7 heteroatoms. The molecular formula is C19H17ClN2O3S. The Hall–Kier alpha value is -2.57. The first-order valence-electron chi connectivity index (χ1n) is 7.82. The van der Waals surface area contributed by atoms with Gasteiger partial charge in [0.25, 0.3) is 10.0 Å². The van der Waals surface area contributed by atoms with Gasteiger partial charge in [-0.05, 0) is 42.0 Å². The van der Waals surface area contributed by atoms with Gasteiger partial charge in [0.1, 0.15) is 5.75 Å². The minimum Gasteiger partial charge on any atom is -0.497 e. The highest BCUT2D eigenvalue weighted by molar-refractivity contribution is 7.92. The molecule has 0 aliphatic rings. The number of aromatic nitrogens is 1. The summed E-state index contributed by atoms with van der Waals surface area (Å²) in [6.45, 7) is 0.135. The maximum Gasteiger partial charge on any atom is 0.264 e. The summed E-state index contributed by atoms with van der Waals surface area (Å²) >= 11 is 6.00. The normalized spacial score (nSPS) is 11.2. The number of rotatable bonds is 6. The molecule has 1 heterocycles. The van der Waals surface area contributed by atoms with Crippen molar-refractivity contribution in [2.45, 2.75) is 11.4 Å². The van der Waals surface area contributed by atoms with E-state index in [9.17, 15) is 8.42 Å². The molecule has 0 spiro atoms. The molecule has 0 saturated carbocycles. The summed E-state index contributed by atoms with van der Waals surface area (Å²) in [5, 5.41) is 0.359. The van der Waals surface area contributed by atoms with Crippen molar-refractivity contribution in [3.05, 3.63) is 83.6 Å². The Kier molecular flexibility index (Phi) is 5.44. The van der Waals surface area contributed by atoms with E-state index < -0.39 is 10.0 Å². The van der Waals surface area contributed by atoms with Gasteiger partial charge in [-0.1, -0.05) is 29.8 Å². The molecule has 0 radical (unpaired) electrons. The zero-order chi connectivity index (χ0) is 18.6. The molecule has 0 unspecified atom stereocenters. The number of sulfonamides is 1. The molecule has 1 aromatic heterocycles. The molecular weight excluding hydrogens is 372 g/mol. The van der Waals surface area contributed by atoms with Gasteiger partial charge >= 0.3 is 0 Å². The third kappa shape index (κ3) is 3.98. The molecule has 26 heavy (non-hydrogen) atoms. The van der Waals surface area contributed by atoms with Crippen molar-refractivity contribution >= 4 is 27.3 Å². The van der Waals surface area contributed by atoms with E-state index in [4.69, 9.17) is 16.3 Å². The van der Waals surface area contributed by atoms with Crippen LogP contribution in [0, 0.1) is 0 Å². The van der Waals surface area contributed by atoms with Gasteiger partial charge < -0.3 is 4.74 Å². The van der Waals surface area contributed by atoms with Crippen molar-refractivity contribution in [1.82, 2.24) is 4.98 Å². The number of halogens is 1. The third-order valence-electron chi connectivity index (χ3n) is 3.77. The number of hydrogen-bond donors (Lipinski definition) is 0. The van der Waals surface area contributed by atoms with Crippen LogP contribution in [0.15, 0.2) is 78.0 Å². The van der Waals surface area contributed by atoms with Crippen LogP contribution in [0.25, 0.3) is 0 Å². The zero-order valence-electron chi connectivity index (χ0n) is 14.0. The van der Waals surface area contributed by atoms with Crippen LogP contribution in [0.4, 0.5) is 5.69 Å². The predicted molar refractivity (Wildman–Crippen MR) is 102 cm³/mol. The number of methoxy groups -OCH3 is 1. The van der Waals surface area contributed by atoms with Gasteiger partial charge in [-0.3, -0.25) is 9.29 Å². The van der Waals surface area contributed by atoms with Crippen molar-refractivity contribution in [3.8, 4) is 5.75 Å². The summed E-state index contributed by atoms with van der Waals surface area (Å²) in [4.78, 5) is 4.19. The monoisotopic (exact) mass is 388 g/mol. The maximum absolute atomic E-state index is 13.3. The molecule has 134 valence electrons. The van der Waals surface area contributed by atoms with Crippen molar-refractivity contribution in [2.75, 3.05) is 11.4 Å². The molecule has 0 bridgehead atoms. The fraction of sp³-hybridized carbons (Fsp3) is 0.105. The zero-order valence-corrected chi connectivity index (χ0v) is 15.6. The van der Waals surface area contributed by atoms with Gasteiger partial charge in [-0.2, -0.15) is 0 Å². The lowest BCUT2D eigenvalue weighted by Gasteiger charge is -2.25. The van der Waals surface area contributed by atoms with Crippen LogP contribution < -0.4 is 9.04 Å². The molecule has 0 fully saturated rings. The summed E-state index contributed by atoms with van der Waals surface area (Å²) in [6, 6.07) is 16.7. The Bertz CT molecular complexity index is 994. The Morgan fingerprint density at radius 2 is 1.88 bits per heavy atom. The largest absolute Gasteiger partial charge is 0.497 e. The number of nitrogens with zero attached hydrogens (tertiary/aromatic N) is 2. The second-order valence-corrected chi connectivity index (χ2v) is 7.83. The summed E-state index contributed by atoms with van der Waals surface area (Å²) in [6.07, 6.45) is 3.28. The molecule has 3 aromatic rings. The number of anilines is 1. The van der Waals surface area contributed by atoms with E-state index in [1.54, 1.807) is 54.9 Å². The molecule has 0 amide bonds. The number of benzene rings is 2. The SMILES string of the molecule is COc1cccc(N(Cc2cccnc2)S(=O)(=O)c2cccc(Cl)c2)c1. The summed E-state index contributed by atoms with van der Waals surface area (Å²) in [5.74, 6) is 0.569. The minimum absolute atomic E-state index is 0.122. The fourth-order valence-corrected chi connectivity index (χ4v) is 4.24. The lowest BCUT2D eigenvalue weighted by atomic mass is 10.2. The number of pyridine rings is 1. The van der Waals surface area contributed by atoms with E-state index in [-0.39, 0.29) is 11.4 Å². The highest BCUT2D eigenvalue weighted by atomic mass is 35.5. The fourth-order valence-electron chi connectivity index (χ4n) is 2.49. The Morgan fingerprint density at radius 3 is 2.58 bits per heavy atom. The summed E-state index contributed by atoms with van der Waals surface area (Å²) < 4.78 is 33.1. The van der Waals surface area contributed by atoms with Crippen LogP contribution in [0.1, 0.15) is 5.56 Å². The molecule has 0 N–H and O–H groups in total. The first-order chi connectivity index (χ1) is 12.5. The molecule has 2 aromatic carbocycles. The Balaban J connectivity index is 2.10. The Labute approximate surface area is 157 Å². The van der Waals surface area contributed by atoms with Crippen molar-refractivity contribution in [1.29, 1.82) is 0 Å². The summed E-state index contributed by atoms with van der Waals surface area (Å²) in [7, 11) is -2.30. The second kappa shape index (κ2) is 7.76. The third-order valence-corrected chi connectivity index (χ3v) is 5.78. The molecule has 0 saturated heterocycles. The van der Waals surface area contributed by atoms with Crippen molar-refractivity contribution in [2.24, 2.45) is 0 Å². The van der Waals surface area contributed by atoms with Gasteiger partial charge in [0.05, 0.1) is 24.2 Å². The average Bonchev–Trinajstić information content (AvgIpc) is 2.67. The van der Waals surface area contributed by atoms with E-state index in [0.29, 0.717) is 16.5 Å². The van der Waals surface area contributed by atoms with Crippen LogP contribution in [0.2, 0.25) is 5.02 Å². The maximum atomic E-state index is 13.3. The van der Waals surface area contributed by atoms with Crippen LogP contribution in [-0.4, -0.2) is 20.5 Å². The lowest BCUT2D eigenvalue weighted by Crippen LogP contribution is -2.30. The van der Waals surface area contributed by atoms with Gasteiger partial charge in [0.15, 0.2) is 0 Å². The first kappa shape index (κ1) is 18.2. The van der Waals surface area contributed by atoms with Crippen LogP contribution in [-0.2, 0) is 16.6 Å². The van der Waals surface area contributed by atoms with E-state index in [2.05, 4.69) is 4.98 Å². The number of ether oxygens (including phenoxy) is 1.